The van der Waals surface area contributed by atoms with Gasteiger partial charge >= 0.3 is 0 Å². The van der Waals surface area contributed by atoms with Gasteiger partial charge in [0.1, 0.15) is 23.9 Å². The maximum absolute atomic E-state index is 10.5. The summed E-state index contributed by atoms with van der Waals surface area (Å²) in [6.07, 6.45) is -2.12. The van der Waals surface area contributed by atoms with E-state index < -0.39 is 17.8 Å². The van der Waals surface area contributed by atoms with E-state index in [1.165, 1.54) is 16.3 Å². The van der Waals surface area contributed by atoms with E-state index in [4.69, 9.17) is 4.74 Å². The second kappa shape index (κ2) is 3.65. The van der Waals surface area contributed by atoms with Crippen molar-refractivity contribution in [3.8, 4) is 11.1 Å². The van der Waals surface area contributed by atoms with Crippen LogP contribution in [0.2, 0.25) is 0 Å². The van der Waals surface area contributed by atoms with Crippen LogP contribution < -0.4 is 0 Å². The fourth-order valence-electron chi connectivity index (χ4n) is 4.69. The van der Waals surface area contributed by atoms with Gasteiger partial charge in [0.2, 0.25) is 0 Å². The fraction of sp³-hybridized carbons (Fsp3) is 0.200. The van der Waals surface area contributed by atoms with Crippen molar-refractivity contribution in [2.45, 2.75) is 23.9 Å². The summed E-state index contributed by atoms with van der Waals surface area (Å²) in [5.41, 5.74) is 4.71. The second-order valence-electron chi connectivity index (χ2n) is 6.69. The quantitative estimate of drug-likeness (QED) is 0.628. The van der Waals surface area contributed by atoms with Crippen molar-refractivity contribution < 1.29 is 14.9 Å². The second-order valence-corrected chi connectivity index (χ2v) is 6.69. The van der Waals surface area contributed by atoms with Gasteiger partial charge in [-0.25, -0.2) is 0 Å². The van der Waals surface area contributed by atoms with E-state index in [-0.39, 0.29) is 6.10 Å². The molecule has 2 aliphatic carbocycles. The normalized spacial score (nSPS) is 32.3. The highest BCUT2D eigenvalue weighted by Crippen LogP contribution is 2.67. The molecule has 3 aromatic carbocycles. The minimum atomic E-state index is -0.883. The maximum atomic E-state index is 10.5. The van der Waals surface area contributed by atoms with Crippen LogP contribution in [0.25, 0.3) is 21.9 Å². The van der Waals surface area contributed by atoms with E-state index in [0.717, 1.165) is 22.3 Å². The molecule has 0 saturated carbocycles. The molecular weight excluding hydrogens is 288 g/mol. The number of aliphatic hydroxyl groups excluding tert-OH is 2. The number of fused-ring (bicyclic) bond motifs is 4. The largest absolute Gasteiger partial charge is 0.387 e. The monoisotopic (exact) mass is 302 g/mol. The van der Waals surface area contributed by atoms with Crippen LogP contribution in [0, 0.1) is 0 Å². The summed E-state index contributed by atoms with van der Waals surface area (Å²) in [7, 11) is 0. The average molecular weight is 302 g/mol. The molecule has 0 unspecified atom stereocenters. The Morgan fingerprint density at radius 2 is 1.78 bits per heavy atom. The molecule has 3 nitrogen and oxygen atoms in total. The Bertz CT molecular complexity index is 1010. The van der Waals surface area contributed by atoms with Gasteiger partial charge in [0, 0.05) is 5.56 Å². The van der Waals surface area contributed by atoms with Crippen LogP contribution in [-0.4, -0.2) is 22.4 Å². The van der Waals surface area contributed by atoms with Gasteiger partial charge in [0.25, 0.3) is 0 Å². The highest BCUT2D eigenvalue weighted by molar-refractivity contribution is 6.03. The summed E-state index contributed by atoms with van der Waals surface area (Å²) >= 11 is 0. The molecule has 1 spiro atoms. The van der Waals surface area contributed by atoms with E-state index in [0.29, 0.717) is 0 Å². The highest BCUT2D eigenvalue weighted by atomic mass is 16.6. The van der Waals surface area contributed by atoms with Crippen molar-refractivity contribution in [3.05, 3.63) is 71.3 Å². The van der Waals surface area contributed by atoms with Crippen LogP contribution in [0.1, 0.15) is 22.8 Å². The maximum Gasteiger partial charge on any atom is 0.149 e. The summed E-state index contributed by atoms with van der Waals surface area (Å²) < 4.78 is 6.04. The molecular formula is C20H14O3. The van der Waals surface area contributed by atoms with Crippen LogP contribution in [0.15, 0.2) is 54.6 Å². The molecule has 0 aromatic heterocycles. The Morgan fingerprint density at radius 1 is 0.913 bits per heavy atom. The molecule has 112 valence electrons. The third kappa shape index (κ3) is 1.18. The van der Waals surface area contributed by atoms with E-state index in [9.17, 15) is 10.2 Å². The number of hydrogen-bond acceptors (Lipinski definition) is 3. The molecule has 3 heteroatoms. The lowest BCUT2D eigenvalue weighted by atomic mass is 9.79. The van der Waals surface area contributed by atoms with Gasteiger partial charge in [0.15, 0.2) is 0 Å². The van der Waals surface area contributed by atoms with Crippen LogP contribution in [-0.2, 0) is 10.3 Å². The summed E-state index contributed by atoms with van der Waals surface area (Å²) in [6.45, 7) is 0. The lowest BCUT2D eigenvalue weighted by molar-refractivity contribution is -0.000531. The van der Waals surface area contributed by atoms with Gasteiger partial charge < -0.3 is 14.9 Å². The van der Waals surface area contributed by atoms with Crippen molar-refractivity contribution in [2.24, 2.45) is 0 Å². The van der Waals surface area contributed by atoms with Crippen LogP contribution in [0.3, 0.4) is 0 Å². The van der Waals surface area contributed by atoms with Crippen molar-refractivity contribution in [2.75, 3.05) is 0 Å². The molecule has 1 saturated heterocycles. The van der Waals surface area contributed by atoms with Gasteiger partial charge in [-0.05, 0) is 33.0 Å². The predicted molar refractivity (Wildman–Crippen MR) is 86.0 cm³/mol. The predicted octanol–water partition coefficient (Wildman–Crippen LogP) is 2.87. The molecule has 1 aliphatic heterocycles. The Morgan fingerprint density at radius 3 is 2.70 bits per heavy atom. The first kappa shape index (κ1) is 12.3. The zero-order valence-corrected chi connectivity index (χ0v) is 12.2. The molecule has 0 bridgehead atoms. The summed E-state index contributed by atoms with van der Waals surface area (Å²) in [5.74, 6) is 0. The van der Waals surface area contributed by atoms with Gasteiger partial charge in [-0.1, -0.05) is 54.6 Å². The number of rotatable bonds is 0. The molecule has 1 fully saturated rings. The van der Waals surface area contributed by atoms with Crippen molar-refractivity contribution in [1.29, 1.82) is 0 Å². The van der Waals surface area contributed by atoms with E-state index in [1.54, 1.807) is 0 Å². The number of epoxide rings is 1. The Labute approximate surface area is 132 Å². The van der Waals surface area contributed by atoms with Crippen molar-refractivity contribution >= 4 is 10.8 Å². The van der Waals surface area contributed by atoms with E-state index >= 15 is 0 Å². The first-order valence-corrected chi connectivity index (χ1v) is 7.93. The lowest BCUT2D eigenvalue weighted by Crippen LogP contribution is -2.34. The van der Waals surface area contributed by atoms with Gasteiger partial charge in [0.05, 0.1) is 0 Å². The molecule has 23 heavy (non-hydrogen) atoms. The van der Waals surface area contributed by atoms with Crippen molar-refractivity contribution in [1.82, 2.24) is 0 Å². The SMILES string of the molecule is O[C@@H]1[C@@H](O)c2cccc3c2[C@]2(O[C@@H]12)c1ccc2ccccc2c1-3. The Hall–Kier alpha value is -2.20. The highest BCUT2D eigenvalue weighted by Gasteiger charge is 2.70. The molecule has 0 radical (unpaired) electrons. The number of aliphatic hydroxyl groups is 2. The third-order valence-electron chi connectivity index (χ3n) is 5.68. The van der Waals surface area contributed by atoms with E-state index in [1.807, 2.05) is 24.3 Å². The minimum Gasteiger partial charge on any atom is -0.387 e. The number of benzene rings is 3. The minimum absolute atomic E-state index is 0.353. The molecule has 3 aromatic rings. The third-order valence-corrected chi connectivity index (χ3v) is 5.68. The number of hydrogen-bond donors (Lipinski definition) is 2. The zero-order valence-electron chi connectivity index (χ0n) is 12.2. The first-order chi connectivity index (χ1) is 11.2. The van der Waals surface area contributed by atoms with Crippen molar-refractivity contribution in [3.63, 3.8) is 0 Å². The molecule has 1 heterocycles. The van der Waals surface area contributed by atoms with Gasteiger partial charge in [-0.15, -0.1) is 0 Å². The van der Waals surface area contributed by atoms with Crippen LogP contribution >= 0.6 is 0 Å². The topological polar surface area (TPSA) is 53.0 Å². The van der Waals surface area contributed by atoms with Crippen LogP contribution in [0.4, 0.5) is 0 Å². The molecule has 6 rings (SSSR count). The number of ether oxygens (including phenoxy) is 1. The molecule has 4 atom stereocenters. The van der Waals surface area contributed by atoms with Crippen LogP contribution in [0.5, 0.6) is 0 Å². The molecule has 2 N–H and O–H groups in total. The Kier molecular flexibility index (Phi) is 1.94. The summed E-state index contributed by atoms with van der Waals surface area (Å²) in [4.78, 5) is 0. The molecule has 0 amide bonds. The first-order valence-electron chi connectivity index (χ1n) is 7.93. The smallest absolute Gasteiger partial charge is 0.149 e. The lowest BCUT2D eigenvalue weighted by Gasteiger charge is -2.26. The fourth-order valence-corrected chi connectivity index (χ4v) is 4.69. The van der Waals surface area contributed by atoms with E-state index in [2.05, 4.69) is 30.3 Å². The summed E-state index contributed by atoms with van der Waals surface area (Å²) in [6, 6.07) is 18.5. The summed E-state index contributed by atoms with van der Waals surface area (Å²) in [5, 5.41) is 23.3. The zero-order chi connectivity index (χ0) is 15.3. The average Bonchev–Trinajstić information content (AvgIpc) is 3.28. The molecule has 3 aliphatic rings. The van der Waals surface area contributed by atoms with Gasteiger partial charge in [-0.3, -0.25) is 0 Å². The Balaban J connectivity index is 1.81. The standard InChI is InChI=1S/C20H14O3/c21-17-13-7-3-6-12-15-11-5-2-1-4-10(11)8-9-14(15)20(16(12)13)19(23-20)18(17)22/h1-9,17-19,21-22H/t17-,18+,19-,20+/m0/s1. The van der Waals surface area contributed by atoms with Gasteiger partial charge in [-0.2, -0.15) is 0 Å².